The van der Waals surface area contributed by atoms with Crippen molar-refractivity contribution in [1.82, 2.24) is 4.98 Å². The first-order valence-corrected chi connectivity index (χ1v) is 6.18. The van der Waals surface area contributed by atoms with E-state index < -0.39 is 0 Å². The zero-order valence-electron chi connectivity index (χ0n) is 7.61. The van der Waals surface area contributed by atoms with E-state index in [9.17, 15) is 4.79 Å². The Morgan fingerprint density at radius 2 is 2.07 bits per heavy atom. The van der Waals surface area contributed by atoms with Gasteiger partial charge in [-0.1, -0.05) is 0 Å². The van der Waals surface area contributed by atoms with Crippen LogP contribution >= 0.6 is 33.9 Å². The van der Waals surface area contributed by atoms with E-state index in [1.807, 2.05) is 17.5 Å². The molecule has 0 aliphatic rings. The highest BCUT2D eigenvalue weighted by Crippen LogP contribution is 2.13. The molecule has 1 heterocycles. The van der Waals surface area contributed by atoms with Gasteiger partial charge in [0.25, 0.3) is 5.91 Å². The van der Waals surface area contributed by atoms with Gasteiger partial charge < -0.3 is 0 Å². The number of halogens is 1. The molecule has 0 fully saturated rings. The van der Waals surface area contributed by atoms with E-state index in [2.05, 4.69) is 32.9 Å². The van der Waals surface area contributed by atoms with Gasteiger partial charge in [0, 0.05) is 20.7 Å². The van der Waals surface area contributed by atoms with Crippen LogP contribution in [0.15, 0.2) is 35.8 Å². The van der Waals surface area contributed by atoms with Crippen molar-refractivity contribution in [2.45, 2.75) is 0 Å². The quantitative estimate of drug-likeness (QED) is 0.860. The molecule has 0 aliphatic carbocycles. The van der Waals surface area contributed by atoms with Crippen molar-refractivity contribution in [3.05, 3.63) is 45.0 Å². The van der Waals surface area contributed by atoms with Crippen LogP contribution in [0.25, 0.3) is 0 Å². The van der Waals surface area contributed by atoms with Gasteiger partial charge >= 0.3 is 0 Å². The molecule has 2 rings (SSSR count). The fourth-order valence-electron chi connectivity index (χ4n) is 1.06. The van der Waals surface area contributed by atoms with Crippen LogP contribution in [0.4, 0.5) is 5.13 Å². The maximum atomic E-state index is 11.7. The highest BCUT2D eigenvalue weighted by atomic mass is 127. The number of amides is 1. The number of hydrogen-bond acceptors (Lipinski definition) is 3. The Balaban J connectivity index is 2.11. The third-order valence-electron chi connectivity index (χ3n) is 1.76. The standard InChI is InChI=1S/C10H7IN2OS/c11-8-3-1-7(2-4-8)9(14)13-10-12-5-6-15-10/h1-6H,(H,12,13,14). The third kappa shape index (κ3) is 2.75. The van der Waals surface area contributed by atoms with Crippen molar-refractivity contribution in [1.29, 1.82) is 0 Å². The highest BCUT2D eigenvalue weighted by molar-refractivity contribution is 14.1. The van der Waals surface area contributed by atoms with E-state index >= 15 is 0 Å². The molecule has 1 amide bonds. The number of rotatable bonds is 2. The van der Waals surface area contributed by atoms with Crippen molar-refractivity contribution in [3.63, 3.8) is 0 Å². The maximum absolute atomic E-state index is 11.7. The van der Waals surface area contributed by atoms with Crippen molar-refractivity contribution >= 4 is 45.0 Å². The average molecular weight is 330 g/mol. The van der Waals surface area contributed by atoms with Crippen molar-refractivity contribution in [2.75, 3.05) is 5.32 Å². The molecular formula is C10H7IN2OS. The highest BCUT2D eigenvalue weighted by Gasteiger charge is 2.06. The Labute approximate surface area is 105 Å². The van der Waals surface area contributed by atoms with Gasteiger partial charge in [0.2, 0.25) is 0 Å². The second-order valence-electron chi connectivity index (χ2n) is 2.80. The largest absolute Gasteiger partial charge is 0.298 e. The topological polar surface area (TPSA) is 42.0 Å². The van der Waals surface area contributed by atoms with E-state index in [0.29, 0.717) is 10.7 Å². The number of nitrogens with one attached hydrogen (secondary N) is 1. The molecule has 3 nitrogen and oxygen atoms in total. The maximum Gasteiger partial charge on any atom is 0.257 e. The molecule has 0 saturated carbocycles. The number of nitrogens with zero attached hydrogens (tertiary/aromatic N) is 1. The van der Waals surface area contributed by atoms with Crippen LogP contribution in [0.2, 0.25) is 0 Å². The molecule has 0 atom stereocenters. The van der Waals surface area contributed by atoms with Crippen molar-refractivity contribution in [3.8, 4) is 0 Å². The van der Waals surface area contributed by atoms with Crippen LogP contribution in [0.3, 0.4) is 0 Å². The lowest BCUT2D eigenvalue weighted by Gasteiger charge is -2.01. The van der Waals surface area contributed by atoms with Crippen LogP contribution in [-0.2, 0) is 0 Å². The smallest absolute Gasteiger partial charge is 0.257 e. The summed E-state index contributed by atoms with van der Waals surface area (Å²) in [5.74, 6) is -0.124. The summed E-state index contributed by atoms with van der Waals surface area (Å²) in [6.45, 7) is 0. The molecule has 0 spiro atoms. The molecule has 1 aromatic carbocycles. The summed E-state index contributed by atoms with van der Waals surface area (Å²) in [5, 5.41) is 5.17. The van der Waals surface area contributed by atoms with Gasteiger partial charge in [-0.2, -0.15) is 0 Å². The number of hydrogen-bond donors (Lipinski definition) is 1. The summed E-state index contributed by atoms with van der Waals surface area (Å²) in [4.78, 5) is 15.7. The van der Waals surface area contributed by atoms with E-state index in [1.165, 1.54) is 11.3 Å². The Hall–Kier alpha value is -0.950. The van der Waals surface area contributed by atoms with Crippen molar-refractivity contribution in [2.24, 2.45) is 0 Å². The first kappa shape index (κ1) is 10.6. The van der Waals surface area contributed by atoms with Crippen LogP contribution in [0, 0.1) is 3.57 Å². The van der Waals surface area contributed by atoms with Gasteiger partial charge in [-0.15, -0.1) is 11.3 Å². The lowest BCUT2D eigenvalue weighted by Crippen LogP contribution is -2.11. The van der Waals surface area contributed by atoms with Gasteiger partial charge in [0.15, 0.2) is 5.13 Å². The predicted octanol–water partition coefficient (Wildman–Crippen LogP) is 3.00. The summed E-state index contributed by atoms with van der Waals surface area (Å²) < 4.78 is 1.11. The number of anilines is 1. The number of aromatic nitrogens is 1. The van der Waals surface area contributed by atoms with Gasteiger partial charge in [0.05, 0.1) is 0 Å². The molecule has 0 bridgehead atoms. The van der Waals surface area contributed by atoms with E-state index in [1.54, 1.807) is 18.3 Å². The SMILES string of the molecule is O=C(Nc1nccs1)c1ccc(I)cc1. The zero-order chi connectivity index (χ0) is 10.7. The lowest BCUT2D eigenvalue weighted by atomic mass is 10.2. The molecule has 5 heteroatoms. The molecular weight excluding hydrogens is 323 g/mol. The summed E-state index contributed by atoms with van der Waals surface area (Å²) in [5.41, 5.74) is 0.644. The molecule has 1 aromatic heterocycles. The molecule has 0 saturated heterocycles. The summed E-state index contributed by atoms with van der Waals surface area (Å²) in [7, 11) is 0. The van der Waals surface area contributed by atoms with Gasteiger partial charge in [-0.25, -0.2) is 4.98 Å². The first-order valence-electron chi connectivity index (χ1n) is 4.22. The van der Waals surface area contributed by atoms with Crippen LogP contribution < -0.4 is 5.32 Å². The fourth-order valence-corrected chi connectivity index (χ4v) is 1.94. The Bertz CT molecular complexity index is 453. The van der Waals surface area contributed by atoms with E-state index in [4.69, 9.17) is 0 Å². The van der Waals surface area contributed by atoms with Crippen LogP contribution in [0.1, 0.15) is 10.4 Å². The Morgan fingerprint density at radius 1 is 1.33 bits per heavy atom. The van der Waals surface area contributed by atoms with Gasteiger partial charge in [-0.05, 0) is 46.9 Å². The Kier molecular flexibility index (Phi) is 3.32. The molecule has 1 N–H and O–H groups in total. The van der Waals surface area contributed by atoms with Crippen LogP contribution in [-0.4, -0.2) is 10.9 Å². The summed E-state index contributed by atoms with van der Waals surface area (Å²) in [6.07, 6.45) is 1.66. The summed E-state index contributed by atoms with van der Waals surface area (Å²) >= 11 is 3.61. The third-order valence-corrected chi connectivity index (χ3v) is 3.17. The Morgan fingerprint density at radius 3 is 2.67 bits per heavy atom. The number of carbonyl (C=O) groups excluding carboxylic acids is 1. The number of thiazole rings is 1. The van der Waals surface area contributed by atoms with Gasteiger partial charge in [0.1, 0.15) is 0 Å². The summed E-state index contributed by atoms with van der Waals surface area (Å²) in [6, 6.07) is 7.39. The minimum atomic E-state index is -0.124. The van der Waals surface area contributed by atoms with Crippen LogP contribution in [0.5, 0.6) is 0 Å². The van der Waals surface area contributed by atoms with Gasteiger partial charge in [-0.3, -0.25) is 10.1 Å². The minimum absolute atomic E-state index is 0.124. The lowest BCUT2D eigenvalue weighted by molar-refractivity contribution is 0.102. The molecule has 76 valence electrons. The monoisotopic (exact) mass is 330 g/mol. The normalized spacial score (nSPS) is 9.93. The average Bonchev–Trinajstić information content (AvgIpc) is 2.71. The molecule has 2 aromatic rings. The van der Waals surface area contributed by atoms with E-state index in [0.717, 1.165) is 3.57 Å². The predicted molar refractivity (Wildman–Crippen MR) is 69.2 cm³/mol. The first-order chi connectivity index (χ1) is 7.25. The molecule has 0 unspecified atom stereocenters. The van der Waals surface area contributed by atoms with Crippen molar-refractivity contribution < 1.29 is 4.79 Å². The molecule has 15 heavy (non-hydrogen) atoms. The molecule has 0 aliphatic heterocycles. The second-order valence-corrected chi connectivity index (χ2v) is 4.94. The molecule has 0 radical (unpaired) electrons. The van der Waals surface area contributed by atoms with E-state index in [-0.39, 0.29) is 5.91 Å². The zero-order valence-corrected chi connectivity index (χ0v) is 10.6. The number of carbonyl (C=O) groups is 1. The fraction of sp³-hybridized carbons (Fsp3) is 0. The number of benzene rings is 1. The minimum Gasteiger partial charge on any atom is -0.298 e. The second kappa shape index (κ2) is 4.71.